The highest BCUT2D eigenvalue weighted by Gasteiger charge is 2.37. The molecule has 3 rings (SSSR count). The highest BCUT2D eigenvalue weighted by molar-refractivity contribution is 5.74. The van der Waals surface area contributed by atoms with Crippen molar-refractivity contribution in [2.45, 2.75) is 63.1 Å². The molecule has 0 spiro atoms. The van der Waals surface area contributed by atoms with Crippen LogP contribution >= 0.6 is 0 Å². The van der Waals surface area contributed by atoms with E-state index in [1.54, 1.807) is 0 Å². The molecule has 4 atom stereocenters. The molecule has 3 nitrogen and oxygen atoms in total. The number of hydrogen-bond donors (Lipinski definition) is 1. The molecule has 0 saturated heterocycles. The average Bonchev–Trinajstić information content (AvgIpc) is 3.00. The van der Waals surface area contributed by atoms with Crippen molar-refractivity contribution in [3.05, 3.63) is 35.9 Å². The Balaban J connectivity index is 1.66. The Morgan fingerprint density at radius 2 is 1.76 bits per heavy atom. The summed E-state index contributed by atoms with van der Waals surface area (Å²) in [6.45, 7) is 0. The predicted molar refractivity (Wildman–Crippen MR) is 80.9 cm³/mol. The second-order valence-corrected chi connectivity index (χ2v) is 6.38. The topological polar surface area (TPSA) is 46.5 Å². The highest BCUT2D eigenvalue weighted by atomic mass is 16.6. The smallest absolute Gasteiger partial charge is 0.309 e. The fourth-order valence-electron chi connectivity index (χ4n) is 3.79. The van der Waals surface area contributed by atoms with Crippen LogP contribution in [0.2, 0.25) is 0 Å². The second kappa shape index (κ2) is 6.61. The molecule has 0 heterocycles. The third kappa shape index (κ3) is 3.29. The molecule has 0 bridgehead atoms. The standard InChI is InChI=1S/C18H24O3/c19-16-11-4-5-12-17(16)21-18(20)15-10-6-9-14(15)13-7-2-1-3-8-13/h1-3,7-8,14-17,19H,4-6,9-12H2/t14-,15-,16-,17-/m1/s1. The molecule has 0 aliphatic heterocycles. The number of aliphatic hydroxyl groups excluding tert-OH is 1. The van der Waals surface area contributed by atoms with Gasteiger partial charge in [0, 0.05) is 0 Å². The van der Waals surface area contributed by atoms with Crippen LogP contribution in [0.5, 0.6) is 0 Å². The monoisotopic (exact) mass is 288 g/mol. The SMILES string of the molecule is O=C(O[C@@H]1CCCC[C@H]1O)[C@@H]1CCC[C@@H]1c1ccccc1. The molecule has 1 N–H and O–H groups in total. The Kier molecular flexibility index (Phi) is 4.59. The van der Waals surface area contributed by atoms with Gasteiger partial charge in [-0.1, -0.05) is 43.2 Å². The summed E-state index contributed by atoms with van der Waals surface area (Å²) in [5, 5.41) is 9.97. The Morgan fingerprint density at radius 3 is 2.52 bits per heavy atom. The number of carbonyl (C=O) groups excluding carboxylic acids is 1. The summed E-state index contributed by atoms with van der Waals surface area (Å²) in [4.78, 5) is 12.5. The van der Waals surface area contributed by atoms with Gasteiger partial charge in [0.05, 0.1) is 12.0 Å². The molecule has 0 amide bonds. The van der Waals surface area contributed by atoms with Crippen LogP contribution in [0.25, 0.3) is 0 Å². The van der Waals surface area contributed by atoms with Gasteiger partial charge in [-0.3, -0.25) is 4.79 Å². The van der Waals surface area contributed by atoms with Crippen LogP contribution in [-0.2, 0) is 9.53 Å². The summed E-state index contributed by atoms with van der Waals surface area (Å²) in [6.07, 6.45) is 5.90. The minimum absolute atomic E-state index is 0.0403. The Labute approximate surface area is 126 Å². The Bertz CT molecular complexity index is 471. The molecule has 0 unspecified atom stereocenters. The van der Waals surface area contributed by atoms with Crippen molar-refractivity contribution in [1.29, 1.82) is 0 Å². The minimum atomic E-state index is -0.473. The number of esters is 1. The van der Waals surface area contributed by atoms with Gasteiger partial charge >= 0.3 is 5.97 Å². The zero-order chi connectivity index (χ0) is 14.7. The quantitative estimate of drug-likeness (QED) is 0.867. The van der Waals surface area contributed by atoms with E-state index in [-0.39, 0.29) is 23.9 Å². The van der Waals surface area contributed by atoms with E-state index in [9.17, 15) is 9.90 Å². The van der Waals surface area contributed by atoms with Crippen LogP contribution in [-0.4, -0.2) is 23.3 Å². The molecular formula is C18H24O3. The summed E-state index contributed by atoms with van der Waals surface area (Å²) >= 11 is 0. The van der Waals surface area contributed by atoms with E-state index in [1.807, 2.05) is 18.2 Å². The Morgan fingerprint density at radius 1 is 1.00 bits per heavy atom. The van der Waals surface area contributed by atoms with E-state index < -0.39 is 6.10 Å². The summed E-state index contributed by atoms with van der Waals surface area (Å²) < 4.78 is 5.65. The van der Waals surface area contributed by atoms with Crippen molar-refractivity contribution in [2.75, 3.05) is 0 Å². The molecule has 1 aromatic carbocycles. The maximum absolute atomic E-state index is 12.5. The third-order valence-electron chi connectivity index (χ3n) is 4.98. The first-order chi connectivity index (χ1) is 10.3. The van der Waals surface area contributed by atoms with Crippen molar-refractivity contribution in [3.63, 3.8) is 0 Å². The molecule has 0 radical (unpaired) electrons. The molecule has 2 aliphatic carbocycles. The van der Waals surface area contributed by atoms with Crippen LogP contribution in [0.1, 0.15) is 56.4 Å². The molecule has 2 fully saturated rings. The van der Waals surface area contributed by atoms with Gasteiger partial charge in [0.15, 0.2) is 0 Å². The van der Waals surface area contributed by atoms with E-state index in [1.165, 1.54) is 5.56 Å². The summed E-state index contributed by atoms with van der Waals surface area (Å²) in [7, 11) is 0. The lowest BCUT2D eigenvalue weighted by molar-refractivity contribution is -0.162. The van der Waals surface area contributed by atoms with E-state index in [0.717, 1.165) is 44.9 Å². The van der Waals surface area contributed by atoms with Crippen molar-refractivity contribution in [2.24, 2.45) is 5.92 Å². The van der Waals surface area contributed by atoms with Gasteiger partial charge in [-0.05, 0) is 43.6 Å². The minimum Gasteiger partial charge on any atom is -0.459 e. The number of aliphatic hydroxyl groups is 1. The summed E-state index contributed by atoms with van der Waals surface area (Å²) in [5.74, 6) is 0.133. The lowest BCUT2D eigenvalue weighted by atomic mass is 9.88. The lowest BCUT2D eigenvalue weighted by Crippen LogP contribution is -2.36. The molecule has 2 saturated carbocycles. The van der Waals surface area contributed by atoms with E-state index in [0.29, 0.717) is 0 Å². The number of rotatable bonds is 3. The van der Waals surface area contributed by atoms with Gasteiger partial charge in [-0.2, -0.15) is 0 Å². The normalized spacial score (nSPS) is 32.8. The molecule has 1 aromatic rings. The number of ether oxygens (including phenoxy) is 1. The number of hydrogen-bond acceptors (Lipinski definition) is 3. The average molecular weight is 288 g/mol. The fourth-order valence-corrected chi connectivity index (χ4v) is 3.79. The summed E-state index contributed by atoms with van der Waals surface area (Å²) in [5.41, 5.74) is 1.24. The summed E-state index contributed by atoms with van der Waals surface area (Å²) in [6, 6.07) is 10.3. The molecule has 21 heavy (non-hydrogen) atoms. The number of carbonyl (C=O) groups is 1. The van der Waals surface area contributed by atoms with Crippen LogP contribution in [0.15, 0.2) is 30.3 Å². The largest absolute Gasteiger partial charge is 0.459 e. The number of benzene rings is 1. The highest BCUT2D eigenvalue weighted by Crippen LogP contribution is 2.40. The van der Waals surface area contributed by atoms with E-state index in [2.05, 4.69) is 12.1 Å². The van der Waals surface area contributed by atoms with Gasteiger partial charge < -0.3 is 9.84 Å². The van der Waals surface area contributed by atoms with Gasteiger partial charge in [0.1, 0.15) is 6.10 Å². The third-order valence-corrected chi connectivity index (χ3v) is 4.98. The molecular weight excluding hydrogens is 264 g/mol. The van der Waals surface area contributed by atoms with Crippen LogP contribution < -0.4 is 0 Å². The first-order valence-corrected chi connectivity index (χ1v) is 8.19. The van der Waals surface area contributed by atoms with Gasteiger partial charge in [0.25, 0.3) is 0 Å². The second-order valence-electron chi connectivity index (χ2n) is 6.38. The maximum Gasteiger partial charge on any atom is 0.309 e. The zero-order valence-electron chi connectivity index (χ0n) is 12.4. The predicted octanol–water partition coefficient (Wildman–Crippen LogP) is 3.42. The van der Waals surface area contributed by atoms with Gasteiger partial charge in [-0.25, -0.2) is 0 Å². The first kappa shape index (κ1) is 14.6. The van der Waals surface area contributed by atoms with E-state index >= 15 is 0 Å². The Hall–Kier alpha value is -1.35. The lowest BCUT2D eigenvalue weighted by Gasteiger charge is -2.29. The molecule has 3 heteroatoms. The maximum atomic E-state index is 12.5. The first-order valence-electron chi connectivity index (χ1n) is 8.19. The molecule has 2 aliphatic rings. The van der Waals surface area contributed by atoms with Gasteiger partial charge in [-0.15, -0.1) is 0 Å². The van der Waals surface area contributed by atoms with Crippen molar-refractivity contribution < 1.29 is 14.6 Å². The van der Waals surface area contributed by atoms with Crippen LogP contribution in [0.3, 0.4) is 0 Å². The van der Waals surface area contributed by atoms with Crippen molar-refractivity contribution in [3.8, 4) is 0 Å². The van der Waals surface area contributed by atoms with Crippen molar-refractivity contribution >= 4 is 5.97 Å². The zero-order valence-corrected chi connectivity index (χ0v) is 12.4. The van der Waals surface area contributed by atoms with Crippen LogP contribution in [0.4, 0.5) is 0 Å². The molecule has 114 valence electrons. The van der Waals surface area contributed by atoms with E-state index in [4.69, 9.17) is 4.74 Å². The van der Waals surface area contributed by atoms with Crippen molar-refractivity contribution in [1.82, 2.24) is 0 Å². The van der Waals surface area contributed by atoms with Gasteiger partial charge in [0.2, 0.25) is 0 Å². The van der Waals surface area contributed by atoms with Crippen LogP contribution in [0, 0.1) is 5.92 Å². The molecule has 0 aromatic heterocycles. The fraction of sp³-hybridized carbons (Fsp3) is 0.611.